The number of benzene rings is 2. The number of hydrogen-bond donors (Lipinski definition) is 2. The molecule has 0 saturated heterocycles. The molecule has 0 radical (unpaired) electrons. The van der Waals surface area contributed by atoms with Crippen LogP contribution in [0.3, 0.4) is 0 Å². The van der Waals surface area contributed by atoms with Crippen LogP contribution in [0, 0.1) is 10.1 Å². The third kappa shape index (κ3) is 9.51. The van der Waals surface area contributed by atoms with Gasteiger partial charge in [-0.05, 0) is 24.0 Å². The second-order valence-corrected chi connectivity index (χ2v) is 7.62. The lowest BCUT2D eigenvalue weighted by Crippen LogP contribution is -2.47. The lowest BCUT2D eigenvalue weighted by Gasteiger charge is -2.18. The first kappa shape index (κ1) is 25.5. The van der Waals surface area contributed by atoms with Crippen molar-refractivity contribution in [3.63, 3.8) is 0 Å². The molecule has 0 spiro atoms. The largest absolute Gasteiger partial charge is 0.445 e. The van der Waals surface area contributed by atoms with Crippen molar-refractivity contribution in [3.8, 4) is 0 Å². The molecular weight excluding hydrogens is 426 g/mol. The van der Waals surface area contributed by atoms with Gasteiger partial charge < -0.3 is 15.4 Å². The monoisotopic (exact) mass is 455 g/mol. The highest BCUT2D eigenvalue weighted by molar-refractivity contribution is 5.91. The van der Waals surface area contributed by atoms with Crippen LogP contribution in [-0.4, -0.2) is 41.3 Å². The molecule has 2 N–H and O–H groups in total. The molecule has 1 unspecified atom stereocenters. The summed E-state index contributed by atoms with van der Waals surface area (Å²) in [6.45, 7) is 1.73. The number of ketones is 1. The van der Waals surface area contributed by atoms with E-state index in [1.165, 1.54) is 6.92 Å². The number of carbonyl (C=O) groups is 3. The molecule has 176 valence electrons. The van der Waals surface area contributed by atoms with Crippen LogP contribution in [0.1, 0.15) is 37.3 Å². The maximum Gasteiger partial charge on any atom is 0.407 e. The van der Waals surface area contributed by atoms with Crippen molar-refractivity contribution in [3.05, 3.63) is 81.9 Å². The summed E-state index contributed by atoms with van der Waals surface area (Å²) in [4.78, 5) is 47.0. The molecule has 9 heteroatoms. The number of nitro groups is 1. The molecule has 0 aromatic heterocycles. The highest BCUT2D eigenvalue weighted by Crippen LogP contribution is 2.08. The fourth-order valence-electron chi connectivity index (χ4n) is 3.11. The Labute approximate surface area is 192 Å². The van der Waals surface area contributed by atoms with Gasteiger partial charge in [0.25, 0.3) is 6.04 Å². The Balaban J connectivity index is 1.73. The van der Waals surface area contributed by atoms with Gasteiger partial charge in [-0.1, -0.05) is 60.7 Å². The van der Waals surface area contributed by atoms with Crippen molar-refractivity contribution in [1.82, 2.24) is 10.6 Å². The summed E-state index contributed by atoms with van der Waals surface area (Å²) in [6, 6.07) is 15.9. The highest BCUT2D eigenvalue weighted by atomic mass is 16.6. The highest BCUT2D eigenvalue weighted by Gasteiger charge is 2.32. The van der Waals surface area contributed by atoms with Gasteiger partial charge >= 0.3 is 6.09 Å². The van der Waals surface area contributed by atoms with E-state index in [1.54, 1.807) is 24.3 Å². The maximum absolute atomic E-state index is 12.5. The summed E-state index contributed by atoms with van der Waals surface area (Å²) >= 11 is 0. The van der Waals surface area contributed by atoms with Crippen molar-refractivity contribution >= 4 is 17.8 Å². The van der Waals surface area contributed by atoms with E-state index in [-0.39, 0.29) is 25.4 Å². The molecule has 0 fully saturated rings. The molecule has 33 heavy (non-hydrogen) atoms. The summed E-state index contributed by atoms with van der Waals surface area (Å²) in [5.74, 6) is -1.01. The minimum Gasteiger partial charge on any atom is -0.445 e. The Kier molecular flexibility index (Phi) is 10.5. The smallest absolute Gasteiger partial charge is 0.407 e. The van der Waals surface area contributed by atoms with Crippen molar-refractivity contribution < 1.29 is 24.0 Å². The van der Waals surface area contributed by atoms with E-state index in [0.717, 1.165) is 11.1 Å². The van der Waals surface area contributed by atoms with Gasteiger partial charge in [0, 0.05) is 31.2 Å². The number of Topliss-reactive ketones (excluding diaryl/α,β-unsaturated/α-hetero) is 1. The zero-order valence-electron chi connectivity index (χ0n) is 18.6. The Morgan fingerprint density at radius 1 is 0.970 bits per heavy atom. The molecule has 0 heterocycles. The SMILES string of the molecule is CC(C(=O)[C@H](Cc1ccccc1)NC(=O)CCCCNC(=O)OCc1ccccc1)[N+](=O)[O-]. The van der Waals surface area contributed by atoms with Gasteiger partial charge in [0.05, 0.1) is 6.04 Å². The number of unbranched alkanes of at least 4 members (excludes halogenated alkanes) is 1. The average Bonchev–Trinajstić information content (AvgIpc) is 2.82. The molecule has 0 aliphatic carbocycles. The topological polar surface area (TPSA) is 128 Å². The third-order valence-corrected chi connectivity index (χ3v) is 5.00. The number of amides is 2. The van der Waals surface area contributed by atoms with E-state index in [9.17, 15) is 24.5 Å². The molecule has 2 aromatic carbocycles. The number of carbonyl (C=O) groups excluding carboxylic acids is 3. The Bertz CT molecular complexity index is 920. The summed E-state index contributed by atoms with van der Waals surface area (Å²) in [5.41, 5.74) is 1.68. The molecule has 0 aliphatic heterocycles. The summed E-state index contributed by atoms with van der Waals surface area (Å²) in [7, 11) is 0. The normalized spacial score (nSPS) is 12.3. The van der Waals surface area contributed by atoms with Crippen LogP contribution in [-0.2, 0) is 27.4 Å². The quantitative estimate of drug-likeness (QED) is 0.271. The van der Waals surface area contributed by atoms with Crippen molar-refractivity contribution in [1.29, 1.82) is 0 Å². The molecule has 2 aromatic rings. The summed E-state index contributed by atoms with van der Waals surface area (Å²) < 4.78 is 5.11. The predicted molar refractivity (Wildman–Crippen MR) is 122 cm³/mol. The first-order valence-electron chi connectivity index (χ1n) is 10.8. The van der Waals surface area contributed by atoms with Gasteiger partial charge in [0.2, 0.25) is 11.7 Å². The number of alkyl carbamates (subject to hydrolysis) is 1. The Morgan fingerprint density at radius 2 is 1.58 bits per heavy atom. The number of nitrogens with zero attached hydrogens (tertiary/aromatic N) is 1. The molecule has 0 aliphatic rings. The Morgan fingerprint density at radius 3 is 2.18 bits per heavy atom. The molecule has 0 bridgehead atoms. The van der Waals surface area contributed by atoms with Gasteiger partial charge in [0.1, 0.15) is 6.61 Å². The first-order chi connectivity index (χ1) is 15.9. The Hall–Kier alpha value is -3.75. The fraction of sp³-hybridized carbons (Fsp3) is 0.375. The van der Waals surface area contributed by atoms with Crippen LogP contribution >= 0.6 is 0 Å². The number of hydrogen-bond acceptors (Lipinski definition) is 6. The van der Waals surface area contributed by atoms with Gasteiger partial charge in [0.15, 0.2) is 0 Å². The van der Waals surface area contributed by atoms with Gasteiger partial charge in [-0.25, -0.2) is 4.79 Å². The standard InChI is InChI=1S/C24H29N3O6/c1-18(27(31)32)23(29)21(16-19-10-4-2-5-11-19)26-22(28)14-8-9-15-25-24(30)33-17-20-12-6-3-7-13-20/h2-7,10-13,18,21H,8-9,14-17H2,1H3,(H,25,30)(H,26,28)/t18?,21-/m0/s1. The van der Waals surface area contributed by atoms with Crippen LogP contribution in [0.5, 0.6) is 0 Å². The number of ether oxygens (including phenoxy) is 1. The number of nitrogens with one attached hydrogen (secondary N) is 2. The van der Waals surface area contributed by atoms with Crippen LogP contribution < -0.4 is 10.6 Å². The maximum atomic E-state index is 12.5. The fourth-order valence-corrected chi connectivity index (χ4v) is 3.11. The van der Waals surface area contributed by atoms with Crippen LogP contribution in [0.2, 0.25) is 0 Å². The van der Waals surface area contributed by atoms with E-state index in [4.69, 9.17) is 4.74 Å². The molecule has 9 nitrogen and oxygen atoms in total. The second kappa shape index (κ2) is 13.6. The summed E-state index contributed by atoms with van der Waals surface area (Å²) in [5, 5.41) is 16.3. The van der Waals surface area contributed by atoms with Gasteiger partial charge in [-0.2, -0.15) is 0 Å². The van der Waals surface area contributed by atoms with Crippen molar-refractivity contribution in [2.75, 3.05) is 6.54 Å². The van der Waals surface area contributed by atoms with Crippen LogP contribution in [0.25, 0.3) is 0 Å². The van der Waals surface area contributed by atoms with Gasteiger partial charge in [-0.3, -0.25) is 19.7 Å². The zero-order valence-corrected chi connectivity index (χ0v) is 18.6. The first-order valence-corrected chi connectivity index (χ1v) is 10.8. The molecule has 2 amide bonds. The minimum absolute atomic E-state index is 0.131. The minimum atomic E-state index is -1.41. The second-order valence-electron chi connectivity index (χ2n) is 7.62. The van der Waals surface area contributed by atoms with Crippen molar-refractivity contribution in [2.45, 2.75) is 51.3 Å². The van der Waals surface area contributed by atoms with Crippen molar-refractivity contribution in [2.24, 2.45) is 0 Å². The molecule has 0 saturated carbocycles. The van der Waals surface area contributed by atoms with Gasteiger partial charge in [-0.15, -0.1) is 0 Å². The lowest BCUT2D eigenvalue weighted by molar-refractivity contribution is -0.503. The third-order valence-electron chi connectivity index (χ3n) is 5.00. The van der Waals surface area contributed by atoms with E-state index in [2.05, 4.69) is 10.6 Å². The van der Waals surface area contributed by atoms with Crippen LogP contribution in [0.4, 0.5) is 4.79 Å². The average molecular weight is 456 g/mol. The van der Waals surface area contributed by atoms with E-state index < -0.39 is 28.9 Å². The zero-order chi connectivity index (χ0) is 24.1. The lowest BCUT2D eigenvalue weighted by atomic mass is 9.98. The molecule has 2 rings (SSSR count). The molecule has 2 atom stereocenters. The number of rotatable bonds is 13. The van der Waals surface area contributed by atoms with E-state index in [1.807, 2.05) is 36.4 Å². The van der Waals surface area contributed by atoms with Crippen LogP contribution in [0.15, 0.2) is 60.7 Å². The summed E-state index contributed by atoms with van der Waals surface area (Å²) in [6.07, 6.45) is 0.786. The predicted octanol–water partition coefficient (Wildman–Crippen LogP) is 3.04. The molecular formula is C24H29N3O6. The van der Waals surface area contributed by atoms with E-state index >= 15 is 0 Å². The van der Waals surface area contributed by atoms with E-state index in [0.29, 0.717) is 19.4 Å².